The summed E-state index contributed by atoms with van der Waals surface area (Å²) in [5.74, 6) is 0.789. The second kappa shape index (κ2) is 11.7. The smallest absolute Gasteiger partial charge is 0.142 e. The molecule has 0 amide bonds. The van der Waals surface area contributed by atoms with Gasteiger partial charge in [0.15, 0.2) is 0 Å². The van der Waals surface area contributed by atoms with Crippen LogP contribution in [0.15, 0.2) is 84.9 Å². The molecule has 1 aliphatic heterocycles. The fraction of sp³-hybridized carbons (Fsp3) is 0.357. The molecule has 1 aliphatic rings. The largest absolute Gasteiger partial charge is 0.491 e. The minimum atomic E-state index is -0.00322. The lowest BCUT2D eigenvalue weighted by Crippen LogP contribution is -2.38. The molecule has 0 aromatic heterocycles. The molecule has 4 heteroatoms. The molecule has 0 bridgehead atoms. The van der Waals surface area contributed by atoms with Crippen LogP contribution in [0.25, 0.3) is 0 Å². The Morgan fingerprint density at radius 2 is 1.38 bits per heavy atom. The molecule has 0 radical (unpaired) electrons. The van der Waals surface area contributed by atoms with Gasteiger partial charge in [0, 0.05) is 13.1 Å². The first-order valence-corrected chi connectivity index (χ1v) is 11.7. The third kappa shape index (κ3) is 6.35. The molecule has 3 aromatic carbocycles. The van der Waals surface area contributed by atoms with E-state index < -0.39 is 0 Å². The standard InChI is InChI=1S/C28H34N2O2/c29-26-15-7-8-16-27(26)31-22-10-9-19-30-20-17-25(18-21-30)32-28(23-11-3-1-4-12-23)24-13-5-2-6-14-24/h1-8,11-16,25,28H,9-10,17-22,29H2. The van der Waals surface area contributed by atoms with E-state index in [-0.39, 0.29) is 6.10 Å². The number of hydrogen-bond acceptors (Lipinski definition) is 4. The Morgan fingerprint density at radius 1 is 0.781 bits per heavy atom. The predicted octanol–water partition coefficient (Wildman–Crippen LogP) is 5.70. The maximum Gasteiger partial charge on any atom is 0.142 e. The van der Waals surface area contributed by atoms with Gasteiger partial charge in [-0.3, -0.25) is 0 Å². The Morgan fingerprint density at radius 3 is 2.00 bits per heavy atom. The summed E-state index contributed by atoms with van der Waals surface area (Å²) in [6.07, 6.45) is 4.61. The predicted molar refractivity (Wildman–Crippen MR) is 131 cm³/mol. The Hall–Kier alpha value is -2.82. The van der Waals surface area contributed by atoms with Gasteiger partial charge in [0.05, 0.1) is 18.4 Å². The van der Waals surface area contributed by atoms with Crippen LogP contribution in [0.5, 0.6) is 5.75 Å². The molecule has 3 aromatic rings. The molecule has 0 atom stereocenters. The zero-order chi connectivity index (χ0) is 22.0. The van der Waals surface area contributed by atoms with Gasteiger partial charge in [0.1, 0.15) is 11.9 Å². The van der Waals surface area contributed by atoms with E-state index >= 15 is 0 Å². The SMILES string of the molecule is Nc1ccccc1OCCCCN1CCC(OC(c2ccccc2)c2ccccc2)CC1. The molecule has 1 heterocycles. The lowest BCUT2D eigenvalue weighted by molar-refractivity contribution is -0.0271. The van der Waals surface area contributed by atoms with Crippen molar-refractivity contribution < 1.29 is 9.47 Å². The van der Waals surface area contributed by atoms with Crippen molar-refractivity contribution in [2.75, 3.05) is 32.0 Å². The summed E-state index contributed by atoms with van der Waals surface area (Å²) >= 11 is 0. The van der Waals surface area contributed by atoms with Crippen LogP contribution < -0.4 is 10.5 Å². The summed E-state index contributed by atoms with van der Waals surface area (Å²) in [5.41, 5.74) is 9.08. The number of nitrogens with two attached hydrogens (primary N) is 1. The number of piperidine rings is 1. The minimum Gasteiger partial charge on any atom is -0.491 e. The zero-order valence-electron chi connectivity index (χ0n) is 18.7. The molecular formula is C28H34N2O2. The average molecular weight is 431 g/mol. The molecule has 168 valence electrons. The van der Waals surface area contributed by atoms with Crippen molar-refractivity contribution >= 4 is 5.69 Å². The van der Waals surface area contributed by atoms with Gasteiger partial charge in [-0.25, -0.2) is 0 Å². The minimum absolute atomic E-state index is 0.00322. The molecule has 4 rings (SSSR count). The monoisotopic (exact) mass is 430 g/mol. The van der Waals surface area contributed by atoms with Gasteiger partial charge in [0.25, 0.3) is 0 Å². The van der Waals surface area contributed by atoms with E-state index in [0.717, 1.165) is 51.1 Å². The summed E-state index contributed by atoms with van der Waals surface area (Å²) in [6.45, 7) is 4.01. The molecule has 0 aliphatic carbocycles. The molecule has 0 saturated carbocycles. The van der Waals surface area contributed by atoms with Crippen LogP contribution in [0.1, 0.15) is 42.9 Å². The molecule has 0 spiro atoms. The fourth-order valence-corrected chi connectivity index (χ4v) is 4.30. The molecule has 32 heavy (non-hydrogen) atoms. The van der Waals surface area contributed by atoms with E-state index in [0.29, 0.717) is 18.4 Å². The number of ether oxygens (including phenoxy) is 2. The average Bonchev–Trinajstić information content (AvgIpc) is 2.85. The van der Waals surface area contributed by atoms with Crippen LogP contribution >= 0.6 is 0 Å². The van der Waals surface area contributed by atoms with E-state index in [2.05, 4.69) is 65.6 Å². The van der Waals surface area contributed by atoms with Gasteiger partial charge >= 0.3 is 0 Å². The summed E-state index contributed by atoms with van der Waals surface area (Å²) in [6, 6.07) is 28.8. The van der Waals surface area contributed by atoms with Crippen molar-refractivity contribution in [3.8, 4) is 5.75 Å². The van der Waals surface area contributed by atoms with Gasteiger partial charge in [-0.05, 0) is 55.5 Å². The highest BCUT2D eigenvalue weighted by molar-refractivity contribution is 5.51. The Kier molecular flexibility index (Phi) is 8.18. The van der Waals surface area contributed by atoms with E-state index in [4.69, 9.17) is 15.2 Å². The first-order valence-electron chi connectivity index (χ1n) is 11.7. The summed E-state index contributed by atoms with van der Waals surface area (Å²) in [4.78, 5) is 2.55. The maximum atomic E-state index is 6.66. The summed E-state index contributed by atoms with van der Waals surface area (Å²) in [5, 5.41) is 0. The highest BCUT2D eigenvalue weighted by Crippen LogP contribution is 2.30. The van der Waals surface area contributed by atoms with Crippen molar-refractivity contribution in [3.05, 3.63) is 96.1 Å². The molecule has 1 fully saturated rings. The number of nitrogen functional groups attached to an aromatic ring is 1. The van der Waals surface area contributed by atoms with E-state index in [1.807, 2.05) is 24.3 Å². The summed E-state index contributed by atoms with van der Waals surface area (Å²) in [7, 11) is 0. The van der Waals surface area contributed by atoms with Crippen LogP contribution in [0, 0.1) is 0 Å². The number of nitrogens with zero attached hydrogens (tertiary/aromatic N) is 1. The number of rotatable bonds is 10. The van der Waals surface area contributed by atoms with Crippen molar-refractivity contribution in [2.24, 2.45) is 0 Å². The van der Waals surface area contributed by atoms with E-state index in [1.54, 1.807) is 0 Å². The highest BCUT2D eigenvalue weighted by Gasteiger charge is 2.24. The third-order valence-corrected chi connectivity index (χ3v) is 6.11. The number of hydrogen-bond donors (Lipinski definition) is 1. The van der Waals surface area contributed by atoms with Gasteiger partial charge in [-0.15, -0.1) is 0 Å². The molecule has 2 N–H and O–H groups in total. The van der Waals surface area contributed by atoms with Crippen LogP contribution in [0.4, 0.5) is 5.69 Å². The Labute approximate surface area is 192 Å². The van der Waals surface area contributed by atoms with Crippen LogP contribution in [0.2, 0.25) is 0 Å². The van der Waals surface area contributed by atoms with Crippen molar-refractivity contribution in [1.82, 2.24) is 4.90 Å². The number of benzene rings is 3. The first-order chi connectivity index (χ1) is 15.8. The van der Waals surface area contributed by atoms with Crippen molar-refractivity contribution in [2.45, 2.75) is 37.9 Å². The quantitative estimate of drug-likeness (QED) is 0.331. The normalized spacial score (nSPS) is 15.2. The Bertz CT molecular complexity index is 885. The lowest BCUT2D eigenvalue weighted by Gasteiger charge is -2.34. The highest BCUT2D eigenvalue weighted by atomic mass is 16.5. The van der Waals surface area contributed by atoms with Crippen LogP contribution in [0.3, 0.4) is 0 Å². The first kappa shape index (κ1) is 22.4. The van der Waals surface area contributed by atoms with Gasteiger partial charge < -0.3 is 20.1 Å². The van der Waals surface area contributed by atoms with Crippen LogP contribution in [-0.2, 0) is 4.74 Å². The number of likely N-dealkylation sites (tertiary alicyclic amines) is 1. The third-order valence-electron chi connectivity index (χ3n) is 6.11. The van der Waals surface area contributed by atoms with Gasteiger partial charge in [-0.1, -0.05) is 72.8 Å². The number of unbranched alkanes of at least 4 members (excludes halogenated alkanes) is 1. The lowest BCUT2D eigenvalue weighted by atomic mass is 10.00. The van der Waals surface area contributed by atoms with E-state index in [9.17, 15) is 0 Å². The number of anilines is 1. The van der Waals surface area contributed by atoms with Gasteiger partial charge in [0.2, 0.25) is 0 Å². The second-order valence-electron chi connectivity index (χ2n) is 8.47. The Balaban J connectivity index is 1.20. The molecule has 4 nitrogen and oxygen atoms in total. The second-order valence-corrected chi connectivity index (χ2v) is 8.47. The number of para-hydroxylation sites is 2. The van der Waals surface area contributed by atoms with Crippen molar-refractivity contribution in [3.63, 3.8) is 0 Å². The summed E-state index contributed by atoms with van der Waals surface area (Å²) < 4.78 is 12.5. The molecule has 0 unspecified atom stereocenters. The topological polar surface area (TPSA) is 47.7 Å². The molecule has 1 saturated heterocycles. The maximum absolute atomic E-state index is 6.66. The van der Waals surface area contributed by atoms with Gasteiger partial charge in [-0.2, -0.15) is 0 Å². The van der Waals surface area contributed by atoms with Crippen molar-refractivity contribution in [1.29, 1.82) is 0 Å². The molecular weight excluding hydrogens is 396 g/mol. The fourth-order valence-electron chi connectivity index (χ4n) is 4.30. The zero-order valence-corrected chi connectivity index (χ0v) is 18.7. The van der Waals surface area contributed by atoms with Crippen LogP contribution in [-0.4, -0.2) is 37.2 Å². The van der Waals surface area contributed by atoms with E-state index in [1.165, 1.54) is 11.1 Å².